The molecular weight excluding hydrogens is 544 g/mol. The summed E-state index contributed by atoms with van der Waals surface area (Å²) in [7, 11) is -4.07. The Labute approximate surface area is 211 Å². The van der Waals surface area contributed by atoms with E-state index >= 15 is 0 Å². The first-order valence-electron chi connectivity index (χ1n) is 10.8. The number of halogens is 6. The van der Waals surface area contributed by atoms with Gasteiger partial charge in [-0.3, -0.25) is 9.62 Å². The SMILES string of the molecule is N#CC1=C(N)N(c2ccc(S(=O)(=O)Nc3nccs3)cc2)C2=CCCCCC2C1(C(F)(F)F)C(F)(F)F. The van der Waals surface area contributed by atoms with E-state index in [1.54, 1.807) is 5.38 Å². The number of alkyl halides is 6. The third-order valence-electron chi connectivity index (χ3n) is 6.39. The highest BCUT2D eigenvalue weighted by Crippen LogP contribution is 2.65. The second-order valence-corrected chi connectivity index (χ2v) is 11.0. The van der Waals surface area contributed by atoms with Crippen LogP contribution in [0.4, 0.5) is 37.2 Å². The summed E-state index contributed by atoms with van der Waals surface area (Å²) in [6.45, 7) is 0. The Morgan fingerprint density at radius 2 is 1.78 bits per heavy atom. The van der Waals surface area contributed by atoms with Gasteiger partial charge in [0.15, 0.2) is 5.13 Å². The van der Waals surface area contributed by atoms with Crippen LogP contribution in [0.3, 0.4) is 0 Å². The largest absolute Gasteiger partial charge is 0.408 e. The molecule has 1 unspecified atom stereocenters. The first-order valence-corrected chi connectivity index (χ1v) is 13.2. The van der Waals surface area contributed by atoms with E-state index in [-0.39, 0.29) is 34.3 Å². The van der Waals surface area contributed by atoms with Crippen LogP contribution in [-0.4, -0.2) is 25.8 Å². The predicted molar refractivity (Wildman–Crippen MR) is 123 cm³/mol. The quantitative estimate of drug-likeness (QED) is 0.466. The molecular formula is C22H19F6N5O2S2. The van der Waals surface area contributed by atoms with E-state index in [0.717, 1.165) is 34.4 Å². The van der Waals surface area contributed by atoms with Crippen LogP contribution in [0.15, 0.2) is 63.9 Å². The van der Waals surface area contributed by atoms with E-state index < -0.39 is 51.5 Å². The fourth-order valence-corrected chi connectivity index (χ4v) is 6.63. The van der Waals surface area contributed by atoms with E-state index in [0.29, 0.717) is 6.42 Å². The van der Waals surface area contributed by atoms with Gasteiger partial charge < -0.3 is 5.73 Å². The lowest BCUT2D eigenvalue weighted by Gasteiger charge is -2.50. The molecule has 1 aromatic carbocycles. The van der Waals surface area contributed by atoms with Gasteiger partial charge in [0.05, 0.1) is 16.5 Å². The lowest BCUT2D eigenvalue weighted by molar-refractivity contribution is -0.339. The molecule has 4 rings (SSSR count). The standard InChI is InChI=1S/C22H19F6N5O2S2/c23-21(24,25)20(22(26,27)28)15-4-2-1-3-5-17(15)33(18(30)16(20)12-29)13-6-8-14(9-7-13)37(34,35)32-19-31-10-11-36-19/h5-11,15H,1-4,30H2,(H,31,32). The van der Waals surface area contributed by atoms with Crippen LogP contribution in [-0.2, 0) is 10.0 Å². The van der Waals surface area contributed by atoms with Crippen molar-refractivity contribution in [1.82, 2.24) is 4.98 Å². The summed E-state index contributed by atoms with van der Waals surface area (Å²) in [5.41, 5.74) is -0.533. The van der Waals surface area contributed by atoms with Crippen molar-refractivity contribution in [2.45, 2.75) is 42.9 Å². The maximum absolute atomic E-state index is 14.4. The summed E-state index contributed by atoms with van der Waals surface area (Å²) in [6.07, 6.45) is -8.91. The number of nitrogens with two attached hydrogens (primary N) is 1. The molecule has 0 saturated carbocycles. The van der Waals surface area contributed by atoms with Gasteiger partial charge in [-0.15, -0.1) is 11.3 Å². The number of hydrogen-bond donors (Lipinski definition) is 2. The Balaban J connectivity index is 1.88. The fourth-order valence-electron chi connectivity index (χ4n) is 4.84. The molecule has 15 heteroatoms. The van der Waals surface area contributed by atoms with Crippen LogP contribution in [0.25, 0.3) is 0 Å². The van der Waals surface area contributed by atoms with Crippen LogP contribution in [0.2, 0.25) is 0 Å². The molecule has 1 aliphatic carbocycles. The Bertz CT molecular complexity index is 1360. The topological polar surface area (TPSA) is 112 Å². The average Bonchev–Trinajstić information content (AvgIpc) is 3.18. The number of hydrogen-bond acceptors (Lipinski definition) is 7. The number of anilines is 2. The van der Waals surface area contributed by atoms with E-state index in [4.69, 9.17) is 5.73 Å². The molecule has 3 N–H and O–H groups in total. The molecule has 1 atom stereocenters. The van der Waals surface area contributed by atoms with Crippen molar-refractivity contribution < 1.29 is 34.8 Å². The summed E-state index contributed by atoms with van der Waals surface area (Å²) in [5.74, 6) is -3.18. The zero-order valence-corrected chi connectivity index (χ0v) is 20.4. The maximum Gasteiger partial charge on any atom is 0.408 e. The van der Waals surface area contributed by atoms with Crippen LogP contribution in [0.1, 0.15) is 25.7 Å². The number of fused-ring (bicyclic) bond motifs is 1. The minimum Gasteiger partial charge on any atom is -0.384 e. The molecule has 2 aromatic rings. The first kappa shape index (κ1) is 26.8. The van der Waals surface area contributed by atoms with Crippen LogP contribution < -0.4 is 15.4 Å². The van der Waals surface area contributed by atoms with Crippen LogP contribution >= 0.6 is 11.3 Å². The highest BCUT2D eigenvalue weighted by Gasteiger charge is 2.78. The van der Waals surface area contributed by atoms with E-state index in [1.807, 2.05) is 0 Å². The van der Waals surface area contributed by atoms with Gasteiger partial charge in [-0.2, -0.15) is 31.6 Å². The summed E-state index contributed by atoms with van der Waals surface area (Å²) in [5, 5.41) is 11.3. The van der Waals surface area contributed by atoms with Crippen molar-refractivity contribution in [3.05, 3.63) is 59.0 Å². The van der Waals surface area contributed by atoms with Gasteiger partial charge in [0.25, 0.3) is 10.0 Å². The molecule has 0 fully saturated rings. The van der Waals surface area contributed by atoms with Gasteiger partial charge >= 0.3 is 12.4 Å². The van der Waals surface area contributed by atoms with Crippen molar-refractivity contribution in [2.24, 2.45) is 17.1 Å². The summed E-state index contributed by atoms with van der Waals surface area (Å²) < 4.78 is 114. The van der Waals surface area contributed by atoms with Crippen LogP contribution in [0, 0.1) is 22.7 Å². The second-order valence-electron chi connectivity index (χ2n) is 8.41. The zero-order valence-electron chi connectivity index (χ0n) is 18.8. The average molecular weight is 564 g/mol. The number of nitrogens with one attached hydrogen (secondary N) is 1. The summed E-state index contributed by atoms with van der Waals surface area (Å²) in [6, 6.07) is 5.77. The van der Waals surface area contributed by atoms with E-state index in [9.17, 15) is 40.0 Å². The van der Waals surface area contributed by atoms with Gasteiger partial charge in [-0.05, 0) is 43.5 Å². The Morgan fingerprint density at radius 3 is 2.32 bits per heavy atom. The zero-order chi connectivity index (χ0) is 27.2. The maximum atomic E-state index is 14.4. The lowest BCUT2D eigenvalue weighted by atomic mass is 9.63. The normalized spacial score (nSPS) is 20.5. The van der Waals surface area contributed by atoms with Gasteiger partial charge in [0, 0.05) is 28.9 Å². The molecule has 0 radical (unpaired) electrons. The number of nitriles is 1. The summed E-state index contributed by atoms with van der Waals surface area (Å²) in [4.78, 5) is 4.59. The number of sulfonamides is 1. The Hall–Kier alpha value is -3.25. The van der Waals surface area contributed by atoms with Gasteiger partial charge in [-0.1, -0.05) is 12.5 Å². The van der Waals surface area contributed by atoms with E-state index in [1.165, 1.54) is 24.4 Å². The smallest absolute Gasteiger partial charge is 0.384 e. The van der Waals surface area contributed by atoms with E-state index in [2.05, 4.69) is 9.71 Å². The number of benzene rings is 1. The first-order chi connectivity index (χ1) is 17.3. The van der Waals surface area contributed by atoms with Crippen molar-refractivity contribution in [3.8, 4) is 6.07 Å². The Morgan fingerprint density at radius 1 is 1.14 bits per heavy atom. The highest BCUT2D eigenvalue weighted by atomic mass is 32.2. The van der Waals surface area contributed by atoms with Crippen molar-refractivity contribution in [2.75, 3.05) is 9.62 Å². The molecule has 7 nitrogen and oxygen atoms in total. The molecule has 37 heavy (non-hydrogen) atoms. The lowest BCUT2D eigenvalue weighted by Crippen LogP contribution is -2.61. The van der Waals surface area contributed by atoms with Crippen molar-refractivity contribution in [3.63, 3.8) is 0 Å². The molecule has 2 aliphatic rings. The van der Waals surface area contributed by atoms with Gasteiger partial charge in [-0.25, -0.2) is 13.4 Å². The number of thiazole rings is 1. The fraction of sp³-hybridized carbons (Fsp3) is 0.364. The highest BCUT2D eigenvalue weighted by molar-refractivity contribution is 7.93. The predicted octanol–water partition coefficient (Wildman–Crippen LogP) is 5.64. The number of nitrogens with zero attached hydrogens (tertiary/aromatic N) is 3. The van der Waals surface area contributed by atoms with Gasteiger partial charge in [0.2, 0.25) is 5.41 Å². The number of rotatable bonds is 4. The minimum absolute atomic E-state index is 0.00884. The summed E-state index contributed by atoms with van der Waals surface area (Å²) >= 11 is 1.04. The molecule has 1 aromatic heterocycles. The molecule has 0 saturated heterocycles. The minimum atomic E-state index is -5.86. The molecule has 0 bridgehead atoms. The van der Waals surface area contributed by atoms with Crippen molar-refractivity contribution >= 4 is 32.2 Å². The molecule has 198 valence electrons. The van der Waals surface area contributed by atoms with Gasteiger partial charge in [0.1, 0.15) is 5.82 Å². The molecule has 0 amide bonds. The molecule has 0 spiro atoms. The number of aromatic nitrogens is 1. The monoisotopic (exact) mass is 563 g/mol. The third kappa shape index (κ3) is 4.31. The molecule has 1 aliphatic heterocycles. The van der Waals surface area contributed by atoms with Crippen LogP contribution in [0.5, 0.6) is 0 Å². The van der Waals surface area contributed by atoms with Crippen molar-refractivity contribution in [1.29, 1.82) is 5.26 Å². The number of allylic oxidation sites excluding steroid dienone is 3. The third-order valence-corrected chi connectivity index (χ3v) is 8.57. The Kier molecular flexibility index (Phi) is 6.70. The molecule has 2 heterocycles. The second kappa shape index (κ2) is 9.25.